The molecule has 1 rings (SSSR count). The average molecular weight is 266 g/mol. The highest BCUT2D eigenvalue weighted by molar-refractivity contribution is 7.86. The lowest BCUT2D eigenvalue weighted by molar-refractivity contribution is -0.144. The summed E-state index contributed by atoms with van der Waals surface area (Å²) in [5.74, 6) is -0.560. The monoisotopic (exact) mass is 266 g/mol. The summed E-state index contributed by atoms with van der Waals surface area (Å²) in [5, 5.41) is 0. The fourth-order valence-electron chi connectivity index (χ4n) is 1.75. The van der Waals surface area contributed by atoms with Crippen molar-refractivity contribution in [2.24, 2.45) is 0 Å². The Kier molecular flexibility index (Phi) is 4.48. The second-order valence-corrected chi connectivity index (χ2v) is 6.09. The van der Waals surface area contributed by atoms with Crippen molar-refractivity contribution < 1.29 is 22.7 Å². The molecule has 0 amide bonds. The molecule has 0 spiro atoms. The van der Waals surface area contributed by atoms with Crippen molar-refractivity contribution in [1.29, 1.82) is 0 Å². The van der Waals surface area contributed by atoms with E-state index in [9.17, 15) is 13.2 Å². The molecule has 8 heteroatoms. The zero-order chi connectivity index (χ0) is 13.2. The van der Waals surface area contributed by atoms with Gasteiger partial charge in [-0.3, -0.25) is 4.79 Å². The minimum Gasteiger partial charge on any atom is -0.468 e. The zero-order valence-electron chi connectivity index (χ0n) is 10.4. The fraction of sp³-hybridized carbons (Fsp3) is 0.889. The number of esters is 1. The minimum absolute atomic E-state index is 0.163. The summed E-state index contributed by atoms with van der Waals surface area (Å²) in [5.41, 5.74) is 0. The first-order chi connectivity index (χ1) is 7.84. The molecule has 0 aromatic heterocycles. The maximum absolute atomic E-state index is 12.0. The van der Waals surface area contributed by atoms with E-state index in [4.69, 9.17) is 4.74 Å². The van der Waals surface area contributed by atoms with Gasteiger partial charge in [0.25, 0.3) is 10.2 Å². The van der Waals surface area contributed by atoms with Gasteiger partial charge in [-0.15, -0.1) is 0 Å². The number of carbonyl (C=O) groups excluding carboxylic acids is 1. The number of methoxy groups -OCH3 is 2. The Hall–Kier alpha value is -0.700. The van der Waals surface area contributed by atoms with Crippen molar-refractivity contribution in [3.63, 3.8) is 0 Å². The first-order valence-corrected chi connectivity index (χ1v) is 6.54. The van der Waals surface area contributed by atoms with Crippen LogP contribution in [0.1, 0.15) is 6.42 Å². The molecule has 7 nitrogen and oxygen atoms in total. The molecule has 1 aliphatic heterocycles. The highest BCUT2D eigenvalue weighted by Crippen LogP contribution is 2.25. The van der Waals surface area contributed by atoms with E-state index in [1.54, 1.807) is 0 Å². The van der Waals surface area contributed by atoms with Crippen molar-refractivity contribution in [3.8, 4) is 0 Å². The van der Waals surface area contributed by atoms with Gasteiger partial charge in [0.15, 0.2) is 0 Å². The van der Waals surface area contributed by atoms with Crippen LogP contribution in [0.4, 0.5) is 0 Å². The maximum atomic E-state index is 12.0. The molecule has 1 saturated heterocycles. The summed E-state index contributed by atoms with van der Waals surface area (Å²) in [6, 6.07) is -0.808. The van der Waals surface area contributed by atoms with Gasteiger partial charge in [-0.05, 0) is 0 Å². The van der Waals surface area contributed by atoms with E-state index in [1.807, 2.05) is 0 Å². The quantitative estimate of drug-likeness (QED) is 0.614. The Morgan fingerprint density at radius 2 is 1.94 bits per heavy atom. The molecule has 0 aliphatic carbocycles. The fourth-order valence-corrected chi connectivity index (χ4v) is 3.02. The Labute approximate surface area is 101 Å². The third-order valence-corrected chi connectivity index (χ3v) is 4.70. The molecule has 0 aromatic rings. The highest BCUT2D eigenvalue weighted by Gasteiger charge is 2.45. The van der Waals surface area contributed by atoms with Crippen molar-refractivity contribution in [2.75, 3.05) is 34.9 Å². The van der Waals surface area contributed by atoms with Crippen molar-refractivity contribution in [1.82, 2.24) is 8.61 Å². The summed E-state index contributed by atoms with van der Waals surface area (Å²) >= 11 is 0. The Morgan fingerprint density at radius 1 is 1.35 bits per heavy atom. The van der Waals surface area contributed by atoms with Gasteiger partial charge in [-0.1, -0.05) is 0 Å². The SMILES string of the molecule is COC(=O)[C@@H]1C[C@H](OC)CN1S(=O)(=O)N(C)C. The van der Waals surface area contributed by atoms with Gasteiger partial charge in [0, 0.05) is 34.2 Å². The van der Waals surface area contributed by atoms with E-state index in [0.29, 0.717) is 6.42 Å². The van der Waals surface area contributed by atoms with Gasteiger partial charge in [-0.2, -0.15) is 17.0 Å². The van der Waals surface area contributed by atoms with Crippen LogP contribution in [0, 0.1) is 0 Å². The standard InChI is InChI=1S/C9H18N2O5S/c1-10(2)17(13,14)11-6-7(15-3)5-8(11)9(12)16-4/h7-8H,5-6H2,1-4H3/t7-,8-/m0/s1. The molecule has 1 fully saturated rings. The predicted octanol–water partition coefficient (Wildman–Crippen LogP) is -0.945. The lowest BCUT2D eigenvalue weighted by Crippen LogP contribution is -2.46. The van der Waals surface area contributed by atoms with Crippen molar-refractivity contribution >= 4 is 16.2 Å². The normalized spacial score (nSPS) is 26.4. The van der Waals surface area contributed by atoms with Gasteiger partial charge < -0.3 is 9.47 Å². The molecule has 0 N–H and O–H groups in total. The Balaban J connectivity index is 2.99. The molecular weight excluding hydrogens is 248 g/mol. The van der Waals surface area contributed by atoms with Gasteiger partial charge in [0.2, 0.25) is 0 Å². The highest BCUT2D eigenvalue weighted by atomic mass is 32.2. The number of nitrogens with zero attached hydrogens (tertiary/aromatic N) is 2. The molecule has 100 valence electrons. The average Bonchev–Trinajstić information content (AvgIpc) is 2.72. The lowest BCUT2D eigenvalue weighted by Gasteiger charge is -2.24. The molecule has 17 heavy (non-hydrogen) atoms. The van der Waals surface area contributed by atoms with Gasteiger partial charge in [0.05, 0.1) is 13.2 Å². The van der Waals surface area contributed by atoms with Gasteiger partial charge in [0.1, 0.15) is 6.04 Å². The first kappa shape index (κ1) is 14.4. The second-order valence-electron chi connectivity index (χ2n) is 3.99. The van der Waals surface area contributed by atoms with Crippen LogP contribution in [0.3, 0.4) is 0 Å². The smallest absolute Gasteiger partial charge is 0.324 e. The molecule has 1 aliphatic rings. The molecule has 2 atom stereocenters. The largest absolute Gasteiger partial charge is 0.468 e. The van der Waals surface area contributed by atoms with Crippen LogP contribution in [0.15, 0.2) is 0 Å². The van der Waals surface area contributed by atoms with E-state index in [1.165, 1.54) is 28.3 Å². The predicted molar refractivity (Wildman–Crippen MR) is 60.5 cm³/mol. The summed E-state index contributed by atoms with van der Waals surface area (Å²) in [6.07, 6.45) is 0.0322. The number of ether oxygens (including phenoxy) is 2. The van der Waals surface area contributed by atoms with Crippen LogP contribution in [-0.2, 0) is 24.5 Å². The van der Waals surface area contributed by atoms with Crippen LogP contribution in [-0.4, -0.2) is 70.0 Å². The number of hydrogen-bond donors (Lipinski definition) is 0. The lowest BCUT2D eigenvalue weighted by atomic mass is 10.2. The molecule has 1 heterocycles. The van der Waals surface area contributed by atoms with Crippen LogP contribution < -0.4 is 0 Å². The summed E-state index contributed by atoms with van der Waals surface area (Å²) in [6.45, 7) is 0.163. The minimum atomic E-state index is -3.64. The number of hydrogen-bond acceptors (Lipinski definition) is 5. The Bertz CT molecular complexity index is 381. The molecule has 0 bridgehead atoms. The van der Waals surface area contributed by atoms with Crippen LogP contribution in [0.5, 0.6) is 0 Å². The van der Waals surface area contributed by atoms with E-state index in [-0.39, 0.29) is 12.6 Å². The first-order valence-electron chi connectivity index (χ1n) is 5.14. The van der Waals surface area contributed by atoms with Crippen LogP contribution >= 0.6 is 0 Å². The molecule has 0 aromatic carbocycles. The van der Waals surface area contributed by atoms with E-state index in [0.717, 1.165) is 8.61 Å². The van der Waals surface area contributed by atoms with E-state index < -0.39 is 22.2 Å². The van der Waals surface area contributed by atoms with Crippen LogP contribution in [0.25, 0.3) is 0 Å². The van der Waals surface area contributed by atoms with Crippen LogP contribution in [0.2, 0.25) is 0 Å². The summed E-state index contributed by atoms with van der Waals surface area (Å²) in [7, 11) is 1.93. The van der Waals surface area contributed by atoms with Gasteiger partial charge in [-0.25, -0.2) is 0 Å². The van der Waals surface area contributed by atoms with E-state index >= 15 is 0 Å². The Morgan fingerprint density at radius 3 is 2.35 bits per heavy atom. The number of rotatable bonds is 4. The molecule has 0 saturated carbocycles. The molecule has 0 radical (unpaired) electrons. The summed E-state index contributed by atoms with van der Waals surface area (Å²) in [4.78, 5) is 11.6. The molecule has 0 unspecified atom stereocenters. The zero-order valence-corrected chi connectivity index (χ0v) is 11.2. The van der Waals surface area contributed by atoms with Crippen molar-refractivity contribution in [2.45, 2.75) is 18.6 Å². The van der Waals surface area contributed by atoms with Gasteiger partial charge >= 0.3 is 5.97 Å². The third kappa shape index (κ3) is 2.76. The molecular formula is C9H18N2O5S. The summed E-state index contributed by atoms with van der Waals surface area (Å²) < 4.78 is 35.9. The third-order valence-electron chi connectivity index (χ3n) is 2.78. The second kappa shape index (κ2) is 5.30. The van der Waals surface area contributed by atoms with E-state index in [2.05, 4.69) is 4.74 Å². The topological polar surface area (TPSA) is 76.1 Å². The number of carbonyl (C=O) groups is 1. The van der Waals surface area contributed by atoms with Crippen molar-refractivity contribution in [3.05, 3.63) is 0 Å². The maximum Gasteiger partial charge on any atom is 0.324 e.